The Morgan fingerprint density at radius 1 is 1.10 bits per heavy atom. The van der Waals surface area contributed by atoms with Crippen molar-refractivity contribution in [1.29, 1.82) is 0 Å². The number of halogens is 1. The molecule has 0 saturated heterocycles. The zero-order valence-corrected chi connectivity index (χ0v) is 18.0. The van der Waals surface area contributed by atoms with Crippen LogP contribution in [0, 0.1) is 0 Å². The number of aromatic nitrogens is 1. The van der Waals surface area contributed by atoms with Gasteiger partial charge >= 0.3 is 0 Å². The summed E-state index contributed by atoms with van der Waals surface area (Å²) < 4.78 is 0.766. The number of hydrogen-bond donors (Lipinski definition) is 2. The standard InChI is InChI=1S/C22H13ClN2O4S2/c23-12-6-7-14-16(10-12)31-22(24-14)25-18(11-3-1-4-13(26)9-11)17(20(28)21(25)29)19(27)15-5-2-8-30-15/h1-10,18,26,28H. The summed E-state index contributed by atoms with van der Waals surface area (Å²) in [5.41, 5.74) is 1.08. The fourth-order valence-corrected chi connectivity index (χ4v) is 5.52. The molecule has 1 aliphatic rings. The van der Waals surface area contributed by atoms with Crippen molar-refractivity contribution in [3.05, 3.63) is 86.8 Å². The Morgan fingerprint density at radius 3 is 2.68 bits per heavy atom. The summed E-state index contributed by atoms with van der Waals surface area (Å²) in [7, 11) is 0. The molecule has 3 heterocycles. The highest BCUT2D eigenvalue weighted by Crippen LogP contribution is 2.45. The molecule has 154 valence electrons. The maximum Gasteiger partial charge on any atom is 0.296 e. The SMILES string of the molecule is O=C(C1=C(O)C(=O)N(c2nc3ccc(Cl)cc3s2)C1c1cccc(O)c1)c1cccs1. The van der Waals surface area contributed by atoms with Gasteiger partial charge in [-0.05, 0) is 47.3 Å². The molecule has 0 spiro atoms. The summed E-state index contributed by atoms with van der Waals surface area (Å²) >= 11 is 8.53. The summed E-state index contributed by atoms with van der Waals surface area (Å²) in [6, 6.07) is 13.9. The number of anilines is 1. The number of ketones is 1. The number of thiophene rings is 1. The zero-order chi connectivity index (χ0) is 21.7. The molecule has 31 heavy (non-hydrogen) atoms. The van der Waals surface area contributed by atoms with Gasteiger partial charge in [0.1, 0.15) is 5.75 Å². The number of thiazole rings is 1. The molecule has 1 aliphatic heterocycles. The number of phenolic OH excluding ortho intramolecular Hbond substituents is 1. The van der Waals surface area contributed by atoms with Crippen LogP contribution in [0.25, 0.3) is 10.2 Å². The van der Waals surface area contributed by atoms with Crippen molar-refractivity contribution < 1.29 is 19.8 Å². The smallest absolute Gasteiger partial charge is 0.296 e. The molecular formula is C22H13ClN2O4S2. The quantitative estimate of drug-likeness (QED) is 0.386. The predicted octanol–water partition coefficient (Wildman–Crippen LogP) is 5.50. The highest BCUT2D eigenvalue weighted by molar-refractivity contribution is 7.22. The number of aliphatic hydroxyl groups is 1. The number of phenols is 1. The van der Waals surface area contributed by atoms with E-state index in [1.54, 1.807) is 47.8 Å². The number of amides is 1. The molecular weight excluding hydrogens is 456 g/mol. The van der Waals surface area contributed by atoms with Crippen molar-refractivity contribution in [3.8, 4) is 5.75 Å². The Balaban J connectivity index is 1.70. The van der Waals surface area contributed by atoms with Crippen molar-refractivity contribution in [2.75, 3.05) is 4.90 Å². The minimum absolute atomic E-state index is 0.0182. The van der Waals surface area contributed by atoms with E-state index >= 15 is 0 Å². The Kier molecular flexibility index (Phi) is 4.77. The van der Waals surface area contributed by atoms with Gasteiger partial charge in [-0.2, -0.15) is 0 Å². The van der Waals surface area contributed by atoms with Gasteiger partial charge in [0.25, 0.3) is 5.91 Å². The lowest BCUT2D eigenvalue weighted by Gasteiger charge is -2.24. The number of hydrogen-bond acceptors (Lipinski definition) is 7. The number of Topliss-reactive ketones (excluding diaryl/α,β-unsaturated/α-hetero) is 1. The zero-order valence-electron chi connectivity index (χ0n) is 15.7. The lowest BCUT2D eigenvalue weighted by atomic mass is 9.95. The first-order valence-electron chi connectivity index (χ1n) is 9.14. The molecule has 0 aliphatic carbocycles. The van der Waals surface area contributed by atoms with Crippen LogP contribution in [0.5, 0.6) is 5.75 Å². The van der Waals surface area contributed by atoms with E-state index in [1.165, 1.54) is 39.7 Å². The molecule has 2 aromatic carbocycles. The number of aromatic hydroxyl groups is 1. The normalized spacial score (nSPS) is 16.5. The number of carbonyl (C=O) groups excluding carboxylic acids is 2. The predicted molar refractivity (Wildman–Crippen MR) is 121 cm³/mol. The van der Waals surface area contributed by atoms with Crippen molar-refractivity contribution in [2.24, 2.45) is 0 Å². The number of nitrogens with zero attached hydrogens (tertiary/aromatic N) is 2. The van der Waals surface area contributed by atoms with Gasteiger partial charge in [-0.25, -0.2) is 4.98 Å². The summed E-state index contributed by atoms with van der Waals surface area (Å²) in [6.45, 7) is 0. The number of fused-ring (bicyclic) bond motifs is 1. The first-order valence-corrected chi connectivity index (χ1v) is 11.2. The molecule has 1 unspecified atom stereocenters. The Morgan fingerprint density at radius 2 is 1.94 bits per heavy atom. The highest BCUT2D eigenvalue weighted by Gasteiger charge is 2.46. The Hall–Kier alpha value is -3.20. The van der Waals surface area contributed by atoms with Crippen LogP contribution >= 0.6 is 34.3 Å². The molecule has 0 saturated carbocycles. The van der Waals surface area contributed by atoms with Gasteiger partial charge in [-0.15, -0.1) is 11.3 Å². The van der Waals surface area contributed by atoms with E-state index in [-0.39, 0.29) is 11.3 Å². The number of carbonyl (C=O) groups is 2. The van der Waals surface area contributed by atoms with Crippen LogP contribution in [0.1, 0.15) is 21.3 Å². The van der Waals surface area contributed by atoms with Crippen LogP contribution in [0.15, 0.2) is 71.3 Å². The van der Waals surface area contributed by atoms with Crippen LogP contribution in [0.4, 0.5) is 5.13 Å². The van der Waals surface area contributed by atoms with E-state index in [2.05, 4.69) is 4.98 Å². The van der Waals surface area contributed by atoms with Gasteiger partial charge in [0, 0.05) is 5.02 Å². The second-order valence-corrected chi connectivity index (χ2v) is 9.24. The second-order valence-electron chi connectivity index (χ2n) is 6.85. The summed E-state index contributed by atoms with van der Waals surface area (Å²) in [6.07, 6.45) is 0. The summed E-state index contributed by atoms with van der Waals surface area (Å²) in [4.78, 5) is 32.6. The number of aliphatic hydroxyl groups excluding tert-OH is 1. The maximum absolute atomic E-state index is 13.2. The minimum Gasteiger partial charge on any atom is -0.508 e. The Bertz CT molecular complexity index is 1380. The first kappa shape index (κ1) is 19.7. The van der Waals surface area contributed by atoms with Gasteiger partial charge in [-0.1, -0.05) is 41.1 Å². The van der Waals surface area contributed by atoms with Crippen LogP contribution in [-0.4, -0.2) is 26.9 Å². The van der Waals surface area contributed by atoms with E-state index in [1.807, 2.05) is 0 Å². The molecule has 0 radical (unpaired) electrons. The molecule has 6 nitrogen and oxygen atoms in total. The average molecular weight is 469 g/mol. The third-order valence-electron chi connectivity index (χ3n) is 4.93. The van der Waals surface area contributed by atoms with Gasteiger partial charge in [-0.3, -0.25) is 14.5 Å². The maximum atomic E-state index is 13.2. The van der Waals surface area contributed by atoms with Gasteiger partial charge in [0.2, 0.25) is 5.78 Å². The number of benzene rings is 2. The van der Waals surface area contributed by atoms with Crippen LogP contribution in [-0.2, 0) is 4.79 Å². The topological polar surface area (TPSA) is 90.7 Å². The van der Waals surface area contributed by atoms with Gasteiger partial charge in [0.15, 0.2) is 10.9 Å². The minimum atomic E-state index is -0.940. The van der Waals surface area contributed by atoms with E-state index in [9.17, 15) is 19.8 Å². The fraction of sp³-hybridized carbons (Fsp3) is 0.0455. The van der Waals surface area contributed by atoms with Gasteiger partial charge in [0.05, 0.1) is 26.7 Å². The first-order chi connectivity index (χ1) is 14.9. The molecule has 9 heteroatoms. The van der Waals surface area contributed by atoms with Crippen molar-refractivity contribution in [3.63, 3.8) is 0 Å². The van der Waals surface area contributed by atoms with Crippen LogP contribution in [0.3, 0.4) is 0 Å². The molecule has 1 atom stereocenters. The van der Waals surface area contributed by atoms with E-state index in [0.29, 0.717) is 26.1 Å². The third-order valence-corrected chi connectivity index (χ3v) is 7.05. The third kappa shape index (κ3) is 3.29. The lowest BCUT2D eigenvalue weighted by molar-refractivity contribution is -0.117. The lowest BCUT2D eigenvalue weighted by Crippen LogP contribution is -2.30. The molecule has 4 aromatic rings. The summed E-state index contributed by atoms with van der Waals surface area (Å²) in [5, 5.41) is 23.4. The molecule has 1 amide bonds. The van der Waals surface area contributed by atoms with Crippen LogP contribution in [0.2, 0.25) is 5.02 Å². The fourth-order valence-electron chi connectivity index (χ4n) is 3.57. The van der Waals surface area contributed by atoms with Crippen molar-refractivity contribution in [2.45, 2.75) is 6.04 Å². The van der Waals surface area contributed by atoms with E-state index in [4.69, 9.17) is 11.6 Å². The van der Waals surface area contributed by atoms with Crippen molar-refractivity contribution in [1.82, 2.24) is 4.98 Å². The number of rotatable bonds is 4. The molecule has 2 N–H and O–H groups in total. The average Bonchev–Trinajstić information content (AvgIpc) is 3.46. The van der Waals surface area contributed by atoms with Crippen LogP contribution < -0.4 is 4.90 Å². The Labute approximate surface area is 189 Å². The summed E-state index contributed by atoms with van der Waals surface area (Å²) in [5.74, 6) is -1.81. The molecule has 0 fully saturated rings. The molecule has 0 bridgehead atoms. The van der Waals surface area contributed by atoms with Gasteiger partial charge < -0.3 is 10.2 Å². The highest BCUT2D eigenvalue weighted by atomic mass is 35.5. The van der Waals surface area contributed by atoms with Crippen molar-refractivity contribution >= 4 is 61.3 Å². The van der Waals surface area contributed by atoms with E-state index < -0.39 is 23.5 Å². The second kappa shape index (κ2) is 7.49. The molecule has 5 rings (SSSR count). The largest absolute Gasteiger partial charge is 0.508 e. The van der Waals surface area contributed by atoms with E-state index in [0.717, 1.165) is 4.70 Å². The molecule has 2 aromatic heterocycles. The monoisotopic (exact) mass is 468 g/mol.